The smallest absolute Gasteiger partial charge is 0.409 e. The summed E-state index contributed by atoms with van der Waals surface area (Å²) in [6, 6.07) is 6.18. The molecule has 3 heterocycles. The minimum Gasteiger partial charge on any atom is -0.453 e. The lowest BCUT2D eigenvalue weighted by Gasteiger charge is -2.32. The first kappa shape index (κ1) is 20.7. The van der Waals surface area contributed by atoms with E-state index in [9.17, 15) is 13.6 Å². The standard InChI is InChI=1S/C21H20BrF2N3O3/c1-12-3-4-27-17(10-14-11-26(5-6-30-14)21(28)29-2)20(25-18(27)7-12)19-15(23)8-13(22)9-16(19)24/h3-4,7-9,14H,5-6,10-11H2,1-2H3/t14-/m0/s1. The number of pyridine rings is 1. The zero-order chi connectivity index (χ0) is 21.4. The van der Waals surface area contributed by atoms with Crippen molar-refractivity contribution in [3.05, 3.63) is 57.8 Å². The Balaban J connectivity index is 1.79. The van der Waals surface area contributed by atoms with Crippen LogP contribution in [0.5, 0.6) is 0 Å². The van der Waals surface area contributed by atoms with E-state index < -0.39 is 17.7 Å². The van der Waals surface area contributed by atoms with Gasteiger partial charge in [0.2, 0.25) is 0 Å². The quantitative estimate of drug-likeness (QED) is 0.559. The van der Waals surface area contributed by atoms with E-state index in [0.717, 1.165) is 5.56 Å². The molecule has 0 spiro atoms. The Morgan fingerprint density at radius 2 is 2.07 bits per heavy atom. The molecule has 0 radical (unpaired) electrons. The van der Waals surface area contributed by atoms with Crippen LogP contribution in [0.2, 0.25) is 0 Å². The summed E-state index contributed by atoms with van der Waals surface area (Å²) < 4.78 is 42.3. The average molecular weight is 480 g/mol. The van der Waals surface area contributed by atoms with E-state index in [4.69, 9.17) is 9.47 Å². The largest absolute Gasteiger partial charge is 0.453 e. The summed E-state index contributed by atoms with van der Waals surface area (Å²) in [7, 11) is 1.33. The number of morpholine rings is 1. The zero-order valence-electron chi connectivity index (χ0n) is 16.5. The molecule has 1 aliphatic rings. The van der Waals surface area contributed by atoms with Gasteiger partial charge >= 0.3 is 6.09 Å². The molecule has 0 aliphatic carbocycles. The minimum atomic E-state index is -0.705. The number of halogens is 3. The van der Waals surface area contributed by atoms with Crippen LogP contribution in [0.15, 0.2) is 34.9 Å². The highest BCUT2D eigenvalue weighted by atomic mass is 79.9. The maximum absolute atomic E-state index is 14.8. The number of hydrogen-bond donors (Lipinski definition) is 0. The van der Waals surface area contributed by atoms with Gasteiger partial charge in [0.05, 0.1) is 43.3 Å². The van der Waals surface area contributed by atoms with Crippen molar-refractivity contribution in [2.45, 2.75) is 19.4 Å². The van der Waals surface area contributed by atoms with Crippen LogP contribution in [0.3, 0.4) is 0 Å². The maximum atomic E-state index is 14.8. The van der Waals surface area contributed by atoms with Crippen LogP contribution in [0, 0.1) is 18.6 Å². The van der Waals surface area contributed by atoms with E-state index in [1.807, 2.05) is 29.7 Å². The van der Waals surface area contributed by atoms with Crippen LogP contribution in [0.4, 0.5) is 13.6 Å². The molecule has 1 aliphatic heterocycles. The van der Waals surface area contributed by atoms with E-state index >= 15 is 0 Å². The number of rotatable bonds is 3. The molecule has 9 heteroatoms. The number of ether oxygens (including phenoxy) is 2. The molecule has 1 amide bonds. The van der Waals surface area contributed by atoms with Gasteiger partial charge in [0.1, 0.15) is 17.3 Å². The molecule has 0 saturated carbocycles. The predicted octanol–water partition coefficient (Wildman–Crippen LogP) is 4.36. The van der Waals surface area contributed by atoms with Crippen molar-refractivity contribution in [3.63, 3.8) is 0 Å². The average Bonchev–Trinajstić information content (AvgIpc) is 3.03. The number of aromatic nitrogens is 2. The highest BCUT2D eigenvalue weighted by Gasteiger charge is 2.29. The predicted molar refractivity (Wildman–Crippen MR) is 110 cm³/mol. The topological polar surface area (TPSA) is 56.1 Å². The molecule has 1 fully saturated rings. The first-order valence-electron chi connectivity index (χ1n) is 9.44. The highest BCUT2D eigenvalue weighted by Crippen LogP contribution is 2.33. The van der Waals surface area contributed by atoms with Crippen LogP contribution in [0.25, 0.3) is 16.9 Å². The molecule has 1 aromatic carbocycles. The number of carbonyl (C=O) groups is 1. The molecular formula is C21H20BrF2N3O3. The van der Waals surface area contributed by atoms with Gasteiger partial charge in [0.25, 0.3) is 0 Å². The van der Waals surface area contributed by atoms with Crippen molar-refractivity contribution in [1.82, 2.24) is 14.3 Å². The number of benzene rings is 1. The van der Waals surface area contributed by atoms with E-state index in [1.54, 1.807) is 4.90 Å². The summed E-state index contributed by atoms with van der Waals surface area (Å²) in [4.78, 5) is 18.0. The summed E-state index contributed by atoms with van der Waals surface area (Å²) >= 11 is 3.11. The molecule has 6 nitrogen and oxygen atoms in total. The van der Waals surface area contributed by atoms with Gasteiger partial charge in [-0.3, -0.25) is 0 Å². The van der Waals surface area contributed by atoms with Crippen molar-refractivity contribution >= 4 is 27.7 Å². The number of amides is 1. The summed E-state index contributed by atoms with van der Waals surface area (Å²) in [6.07, 6.45) is 1.36. The molecule has 158 valence electrons. The molecule has 3 aromatic rings. The third-order valence-electron chi connectivity index (χ3n) is 5.12. The van der Waals surface area contributed by atoms with Crippen LogP contribution >= 0.6 is 15.9 Å². The van der Waals surface area contributed by atoms with Crippen molar-refractivity contribution in [3.8, 4) is 11.3 Å². The van der Waals surface area contributed by atoms with Crippen LogP contribution in [-0.2, 0) is 15.9 Å². The molecule has 1 atom stereocenters. The summed E-state index contributed by atoms with van der Waals surface area (Å²) in [5.74, 6) is -1.41. The van der Waals surface area contributed by atoms with E-state index in [1.165, 1.54) is 19.2 Å². The Morgan fingerprint density at radius 1 is 1.33 bits per heavy atom. The molecule has 0 unspecified atom stereocenters. The van der Waals surface area contributed by atoms with Crippen molar-refractivity contribution in [1.29, 1.82) is 0 Å². The number of carbonyl (C=O) groups excluding carboxylic acids is 1. The van der Waals surface area contributed by atoms with Crippen molar-refractivity contribution in [2.24, 2.45) is 0 Å². The normalized spacial score (nSPS) is 16.8. The van der Waals surface area contributed by atoms with Gasteiger partial charge in [-0.15, -0.1) is 0 Å². The van der Waals surface area contributed by atoms with Crippen LogP contribution in [0.1, 0.15) is 11.3 Å². The first-order valence-corrected chi connectivity index (χ1v) is 10.2. The van der Waals surface area contributed by atoms with E-state index in [-0.39, 0.29) is 17.4 Å². The Kier molecular flexibility index (Phi) is 5.75. The SMILES string of the molecule is COC(=O)N1CCO[C@@H](Cc2c(-c3c(F)cc(Br)cc3F)nc3cc(C)ccn23)C1. The second kappa shape index (κ2) is 8.31. The van der Waals surface area contributed by atoms with E-state index in [0.29, 0.717) is 41.9 Å². The monoisotopic (exact) mass is 479 g/mol. The molecule has 4 rings (SSSR count). The fourth-order valence-corrected chi connectivity index (χ4v) is 4.12. The van der Waals surface area contributed by atoms with E-state index in [2.05, 4.69) is 20.9 Å². The fraction of sp³-hybridized carbons (Fsp3) is 0.333. The molecule has 30 heavy (non-hydrogen) atoms. The summed E-state index contributed by atoms with van der Waals surface area (Å²) in [6.45, 7) is 3.02. The number of fused-ring (bicyclic) bond motifs is 1. The molecular weight excluding hydrogens is 460 g/mol. The van der Waals surface area contributed by atoms with Gasteiger partial charge in [0, 0.05) is 23.6 Å². The molecule has 2 aromatic heterocycles. The fourth-order valence-electron chi connectivity index (χ4n) is 3.71. The van der Waals surface area contributed by atoms with Gasteiger partial charge in [-0.05, 0) is 36.8 Å². The lowest BCUT2D eigenvalue weighted by atomic mass is 10.0. The Bertz CT molecular complexity index is 1100. The van der Waals surface area contributed by atoms with Crippen molar-refractivity contribution < 1.29 is 23.0 Å². The Hall–Kier alpha value is -2.52. The third-order valence-corrected chi connectivity index (χ3v) is 5.57. The molecule has 0 N–H and O–H groups in total. The van der Waals surface area contributed by atoms with Crippen LogP contribution < -0.4 is 0 Å². The van der Waals surface area contributed by atoms with Gasteiger partial charge in [0.15, 0.2) is 0 Å². The van der Waals surface area contributed by atoms with Gasteiger partial charge < -0.3 is 18.8 Å². The summed E-state index contributed by atoms with van der Waals surface area (Å²) in [5.41, 5.74) is 2.22. The first-order chi connectivity index (χ1) is 14.4. The second-order valence-corrected chi connectivity index (χ2v) is 8.11. The molecule has 0 bridgehead atoms. The highest BCUT2D eigenvalue weighted by molar-refractivity contribution is 9.10. The minimum absolute atomic E-state index is 0.185. The Labute approximate surface area is 180 Å². The van der Waals surface area contributed by atoms with Gasteiger partial charge in [-0.25, -0.2) is 18.6 Å². The number of aryl methyl sites for hydroxylation is 1. The Morgan fingerprint density at radius 3 is 2.77 bits per heavy atom. The molecule has 1 saturated heterocycles. The maximum Gasteiger partial charge on any atom is 0.409 e. The lowest BCUT2D eigenvalue weighted by Crippen LogP contribution is -2.46. The second-order valence-electron chi connectivity index (χ2n) is 7.20. The number of imidazole rings is 1. The van der Waals surface area contributed by atoms with Crippen molar-refractivity contribution in [2.75, 3.05) is 26.8 Å². The lowest BCUT2D eigenvalue weighted by molar-refractivity contribution is -0.0241. The summed E-state index contributed by atoms with van der Waals surface area (Å²) in [5, 5.41) is 0. The number of methoxy groups -OCH3 is 1. The zero-order valence-corrected chi connectivity index (χ0v) is 18.1. The van der Waals surface area contributed by atoms with Gasteiger partial charge in [-0.1, -0.05) is 15.9 Å². The number of hydrogen-bond acceptors (Lipinski definition) is 4. The number of nitrogens with zero attached hydrogens (tertiary/aromatic N) is 3. The van der Waals surface area contributed by atoms with Gasteiger partial charge in [-0.2, -0.15) is 0 Å². The third kappa shape index (κ3) is 3.91. The van der Waals surface area contributed by atoms with Crippen LogP contribution in [-0.4, -0.2) is 53.3 Å².